The first-order chi connectivity index (χ1) is 9.93. The number of carbonyl (C=O) groups is 1. The quantitative estimate of drug-likeness (QED) is 0.784. The number of hydrogen-bond acceptors (Lipinski definition) is 2. The molecule has 0 N–H and O–H groups in total. The molecule has 0 saturated heterocycles. The fourth-order valence-corrected chi connectivity index (χ4v) is 1.90. The number of hydrogen-bond donors (Lipinski definition) is 0. The maximum Gasteiger partial charge on any atom is 0.416 e. The first-order valence-electron chi connectivity index (χ1n) is 6.37. The molecular formula is C16H13F3O2. The molecule has 2 rings (SSSR count). The standard InChI is InChI=1S/C16H13F3O2/c1-2-21-14-6-4-3-5-13(14)15(20)11-7-9-12(10-8-11)16(17,18)19/h3-10H,2H2,1H3. The average Bonchev–Trinajstić information content (AvgIpc) is 2.47. The number of benzene rings is 2. The minimum atomic E-state index is -4.41. The lowest BCUT2D eigenvalue weighted by molar-refractivity contribution is -0.137. The van der Waals surface area contributed by atoms with E-state index >= 15 is 0 Å². The predicted molar refractivity (Wildman–Crippen MR) is 72.5 cm³/mol. The highest BCUT2D eigenvalue weighted by Crippen LogP contribution is 2.30. The van der Waals surface area contributed by atoms with Crippen molar-refractivity contribution in [2.24, 2.45) is 0 Å². The number of halogens is 3. The number of rotatable bonds is 4. The van der Waals surface area contributed by atoms with E-state index in [4.69, 9.17) is 4.74 Å². The molecule has 0 bridgehead atoms. The highest BCUT2D eigenvalue weighted by Gasteiger charge is 2.30. The van der Waals surface area contributed by atoms with Crippen LogP contribution in [0.15, 0.2) is 48.5 Å². The van der Waals surface area contributed by atoms with Crippen LogP contribution in [0.25, 0.3) is 0 Å². The summed E-state index contributed by atoms with van der Waals surface area (Å²) in [4.78, 5) is 12.3. The predicted octanol–water partition coefficient (Wildman–Crippen LogP) is 4.34. The van der Waals surface area contributed by atoms with Gasteiger partial charge in [0.2, 0.25) is 0 Å². The van der Waals surface area contributed by atoms with Gasteiger partial charge in [0, 0.05) is 5.56 Å². The average molecular weight is 294 g/mol. The van der Waals surface area contributed by atoms with Crippen LogP contribution in [0.2, 0.25) is 0 Å². The van der Waals surface area contributed by atoms with E-state index in [1.165, 1.54) is 12.1 Å². The van der Waals surface area contributed by atoms with Gasteiger partial charge >= 0.3 is 6.18 Å². The van der Waals surface area contributed by atoms with Crippen LogP contribution in [0.1, 0.15) is 28.4 Å². The lowest BCUT2D eigenvalue weighted by Crippen LogP contribution is -2.08. The number of alkyl halides is 3. The van der Waals surface area contributed by atoms with Gasteiger partial charge in [-0.05, 0) is 31.2 Å². The van der Waals surface area contributed by atoms with Crippen LogP contribution in [0, 0.1) is 0 Å². The molecule has 0 aliphatic rings. The van der Waals surface area contributed by atoms with Crippen molar-refractivity contribution < 1.29 is 22.7 Å². The lowest BCUT2D eigenvalue weighted by Gasteiger charge is -2.10. The van der Waals surface area contributed by atoms with Gasteiger partial charge in [0.25, 0.3) is 0 Å². The van der Waals surface area contributed by atoms with E-state index in [1.807, 2.05) is 0 Å². The van der Waals surface area contributed by atoms with E-state index in [1.54, 1.807) is 31.2 Å². The van der Waals surface area contributed by atoms with E-state index in [0.29, 0.717) is 17.9 Å². The van der Waals surface area contributed by atoms with Crippen molar-refractivity contribution in [3.8, 4) is 5.75 Å². The second-order valence-electron chi connectivity index (χ2n) is 4.33. The summed E-state index contributed by atoms with van der Waals surface area (Å²) in [6.45, 7) is 2.19. The minimum absolute atomic E-state index is 0.190. The fraction of sp³-hybridized carbons (Fsp3) is 0.188. The Bertz CT molecular complexity index is 631. The van der Waals surface area contributed by atoms with E-state index in [2.05, 4.69) is 0 Å². The smallest absolute Gasteiger partial charge is 0.416 e. The fourth-order valence-electron chi connectivity index (χ4n) is 1.90. The topological polar surface area (TPSA) is 26.3 Å². The molecule has 0 heterocycles. The maximum absolute atomic E-state index is 12.5. The van der Waals surface area contributed by atoms with Gasteiger partial charge in [0.15, 0.2) is 5.78 Å². The summed E-state index contributed by atoms with van der Waals surface area (Å²) in [6, 6.07) is 10.8. The summed E-state index contributed by atoms with van der Waals surface area (Å²) in [5.41, 5.74) is -0.258. The molecule has 0 amide bonds. The Labute approximate surface area is 120 Å². The second kappa shape index (κ2) is 5.99. The van der Waals surface area contributed by atoms with Gasteiger partial charge in [-0.1, -0.05) is 24.3 Å². The summed E-state index contributed by atoms with van der Waals surface area (Å²) < 4.78 is 42.9. The summed E-state index contributed by atoms with van der Waals surface area (Å²) in [6.07, 6.45) is -4.41. The van der Waals surface area contributed by atoms with E-state index in [9.17, 15) is 18.0 Å². The van der Waals surface area contributed by atoms with Crippen molar-refractivity contribution in [3.05, 3.63) is 65.2 Å². The van der Waals surface area contributed by atoms with Crippen molar-refractivity contribution in [1.82, 2.24) is 0 Å². The SMILES string of the molecule is CCOc1ccccc1C(=O)c1ccc(C(F)(F)F)cc1. The number of carbonyl (C=O) groups excluding carboxylic acids is 1. The van der Waals surface area contributed by atoms with E-state index in [-0.39, 0.29) is 11.3 Å². The molecule has 0 spiro atoms. The molecule has 0 unspecified atom stereocenters. The Balaban J connectivity index is 2.32. The minimum Gasteiger partial charge on any atom is -0.493 e. The Kier molecular flexibility index (Phi) is 4.31. The molecular weight excluding hydrogens is 281 g/mol. The number of ketones is 1. The van der Waals surface area contributed by atoms with Gasteiger partial charge in [0.1, 0.15) is 5.75 Å². The molecule has 21 heavy (non-hydrogen) atoms. The van der Waals surface area contributed by atoms with Gasteiger partial charge in [0.05, 0.1) is 17.7 Å². The van der Waals surface area contributed by atoms with Gasteiger partial charge in [-0.25, -0.2) is 0 Å². The maximum atomic E-state index is 12.5. The van der Waals surface area contributed by atoms with E-state index in [0.717, 1.165) is 12.1 Å². The second-order valence-corrected chi connectivity index (χ2v) is 4.33. The molecule has 2 nitrogen and oxygen atoms in total. The van der Waals surface area contributed by atoms with Crippen LogP contribution in [0.4, 0.5) is 13.2 Å². The molecule has 0 saturated carbocycles. The molecule has 110 valence electrons. The van der Waals surface area contributed by atoms with Gasteiger partial charge in [-0.15, -0.1) is 0 Å². The summed E-state index contributed by atoms with van der Waals surface area (Å²) >= 11 is 0. The summed E-state index contributed by atoms with van der Waals surface area (Å²) in [5.74, 6) is 0.0534. The molecule has 0 aromatic heterocycles. The lowest BCUT2D eigenvalue weighted by atomic mass is 10.0. The van der Waals surface area contributed by atoms with Crippen molar-refractivity contribution in [2.75, 3.05) is 6.61 Å². The molecule has 0 atom stereocenters. The van der Waals surface area contributed by atoms with Crippen LogP contribution in [-0.2, 0) is 6.18 Å². The molecule has 0 aliphatic carbocycles. The van der Waals surface area contributed by atoms with Crippen LogP contribution in [0.5, 0.6) is 5.75 Å². The normalized spacial score (nSPS) is 11.2. The molecule has 2 aromatic carbocycles. The highest BCUT2D eigenvalue weighted by atomic mass is 19.4. The Morgan fingerprint density at radius 1 is 1.05 bits per heavy atom. The third-order valence-electron chi connectivity index (χ3n) is 2.91. The summed E-state index contributed by atoms with van der Waals surface area (Å²) in [7, 11) is 0. The highest BCUT2D eigenvalue weighted by molar-refractivity contribution is 6.10. The zero-order valence-corrected chi connectivity index (χ0v) is 11.3. The molecule has 0 radical (unpaired) electrons. The zero-order valence-electron chi connectivity index (χ0n) is 11.3. The Morgan fingerprint density at radius 3 is 2.24 bits per heavy atom. The largest absolute Gasteiger partial charge is 0.493 e. The van der Waals surface area contributed by atoms with Crippen LogP contribution < -0.4 is 4.74 Å². The summed E-state index contributed by atoms with van der Waals surface area (Å²) in [5, 5.41) is 0. The Hall–Kier alpha value is -2.30. The number of ether oxygens (including phenoxy) is 1. The molecule has 0 aliphatic heterocycles. The van der Waals surface area contributed by atoms with Crippen molar-refractivity contribution in [3.63, 3.8) is 0 Å². The van der Waals surface area contributed by atoms with Gasteiger partial charge in [-0.2, -0.15) is 13.2 Å². The molecule has 2 aromatic rings. The number of para-hydroxylation sites is 1. The Morgan fingerprint density at radius 2 is 1.67 bits per heavy atom. The van der Waals surface area contributed by atoms with Gasteiger partial charge < -0.3 is 4.74 Å². The molecule has 5 heteroatoms. The van der Waals surface area contributed by atoms with Crippen molar-refractivity contribution >= 4 is 5.78 Å². The van der Waals surface area contributed by atoms with Gasteiger partial charge in [-0.3, -0.25) is 4.79 Å². The first kappa shape index (κ1) is 15.1. The third-order valence-corrected chi connectivity index (χ3v) is 2.91. The molecule has 0 fully saturated rings. The van der Waals surface area contributed by atoms with Crippen molar-refractivity contribution in [2.45, 2.75) is 13.1 Å². The van der Waals surface area contributed by atoms with E-state index < -0.39 is 11.7 Å². The third kappa shape index (κ3) is 3.42. The van der Waals surface area contributed by atoms with Crippen LogP contribution >= 0.6 is 0 Å². The zero-order chi connectivity index (χ0) is 15.5. The van der Waals surface area contributed by atoms with Crippen LogP contribution in [-0.4, -0.2) is 12.4 Å². The monoisotopic (exact) mass is 294 g/mol. The van der Waals surface area contributed by atoms with Crippen LogP contribution in [0.3, 0.4) is 0 Å². The first-order valence-corrected chi connectivity index (χ1v) is 6.37. The van der Waals surface area contributed by atoms with Crippen molar-refractivity contribution in [1.29, 1.82) is 0 Å².